The van der Waals surface area contributed by atoms with Gasteiger partial charge < -0.3 is 9.47 Å². The summed E-state index contributed by atoms with van der Waals surface area (Å²) in [5.41, 5.74) is -0.650. The highest BCUT2D eigenvalue weighted by Crippen LogP contribution is 2.59. The highest BCUT2D eigenvalue weighted by Gasteiger charge is 2.70. The SMILES string of the molecule is C[C@@H]1CC[C@H]2[C@@H](C)C(=O)OC23C2OO[C@](C)(CC[C@@H]13)O2. The number of rotatable bonds is 0. The second-order valence-electron chi connectivity index (χ2n) is 7.13. The largest absolute Gasteiger partial charge is 0.453 e. The summed E-state index contributed by atoms with van der Waals surface area (Å²) < 4.78 is 11.9. The van der Waals surface area contributed by atoms with Crippen LogP contribution in [0, 0.1) is 23.7 Å². The monoisotopic (exact) mass is 282 g/mol. The van der Waals surface area contributed by atoms with Gasteiger partial charge in [-0.3, -0.25) is 4.79 Å². The van der Waals surface area contributed by atoms with Gasteiger partial charge in [-0.15, -0.1) is 0 Å². The zero-order valence-electron chi connectivity index (χ0n) is 12.3. The lowest BCUT2D eigenvalue weighted by molar-refractivity contribution is -0.359. The highest BCUT2D eigenvalue weighted by molar-refractivity contribution is 5.76. The number of carbonyl (C=O) groups excluding carboxylic acids is 1. The molecule has 4 fully saturated rings. The molecular formula is C15H22O5. The number of hydrogen-bond acceptors (Lipinski definition) is 5. The maximum Gasteiger partial charge on any atom is 0.309 e. The predicted octanol–water partition coefficient (Wildman–Crippen LogP) is 2.39. The Bertz CT molecular complexity index is 452. The van der Waals surface area contributed by atoms with E-state index in [9.17, 15) is 4.79 Å². The average molecular weight is 282 g/mol. The molecule has 2 unspecified atom stereocenters. The Morgan fingerprint density at radius 2 is 1.95 bits per heavy atom. The topological polar surface area (TPSA) is 54.0 Å². The molecule has 1 aliphatic carbocycles. The molecule has 1 spiro atoms. The fraction of sp³-hybridized carbons (Fsp3) is 0.933. The van der Waals surface area contributed by atoms with Gasteiger partial charge in [0.15, 0.2) is 5.60 Å². The van der Waals surface area contributed by atoms with E-state index in [1.165, 1.54) is 0 Å². The second kappa shape index (κ2) is 3.96. The van der Waals surface area contributed by atoms with E-state index in [0.717, 1.165) is 25.7 Å². The molecule has 3 saturated heterocycles. The molecular weight excluding hydrogens is 260 g/mol. The number of fused-ring (bicyclic) bond motifs is 2. The lowest BCUT2D eigenvalue weighted by atomic mass is 9.60. The lowest BCUT2D eigenvalue weighted by Crippen LogP contribution is -2.57. The number of hydrogen-bond donors (Lipinski definition) is 0. The van der Waals surface area contributed by atoms with Crippen molar-refractivity contribution in [3.05, 3.63) is 0 Å². The molecule has 0 radical (unpaired) electrons. The van der Waals surface area contributed by atoms with Gasteiger partial charge >= 0.3 is 5.97 Å². The van der Waals surface area contributed by atoms with Crippen LogP contribution in [-0.2, 0) is 24.0 Å². The van der Waals surface area contributed by atoms with E-state index in [1.54, 1.807) is 0 Å². The first kappa shape index (κ1) is 13.0. The molecule has 3 aliphatic heterocycles. The molecule has 4 rings (SSSR count). The Kier molecular flexibility index (Phi) is 2.58. The van der Waals surface area contributed by atoms with Gasteiger partial charge in [-0.05, 0) is 32.1 Å². The third-order valence-corrected chi connectivity index (χ3v) is 5.98. The quantitative estimate of drug-likeness (QED) is 0.504. The van der Waals surface area contributed by atoms with Crippen molar-refractivity contribution in [1.29, 1.82) is 0 Å². The highest BCUT2D eigenvalue weighted by atomic mass is 17.3. The first-order valence-electron chi connectivity index (χ1n) is 7.71. The zero-order chi connectivity index (χ0) is 14.1. The molecule has 112 valence electrons. The second-order valence-corrected chi connectivity index (χ2v) is 7.13. The molecule has 4 aliphatic rings. The summed E-state index contributed by atoms with van der Waals surface area (Å²) >= 11 is 0. The summed E-state index contributed by atoms with van der Waals surface area (Å²) in [6, 6.07) is 0. The van der Waals surface area contributed by atoms with E-state index in [4.69, 9.17) is 19.2 Å². The Labute approximate surface area is 118 Å². The number of carbonyl (C=O) groups is 1. The van der Waals surface area contributed by atoms with Crippen LogP contribution in [-0.4, -0.2) is 23.6 Å². The first-order chi connectivity index (χ1) is 9.46. The van der Waals surface area contributed by atoms with Crippen molar-refractivity contribution >= 4 is 5.97 Å². The van der Waals surface area contributed by atoms with Crippen LogP contribution in [0.4, 0.5) is 0 Å². The Hall–Kier alpha value is -0.650. The normalized spacial score (nSPS) is 57.8. The summed E-state index contributed by atoms with van der Waals surface area (Å²) in [5.74, 6) is 0.0915. The Morgan fingerprint density at radius 1 is 1.15 bits per heavy atom. The lowest BCUT2D eigenvalue weighted by Gasteiger charge is -2.48. The van der Waals surface area contributed by atoms with E-state index in [0.29, 0.717) is 11.8 Å². The van der Waals surface area contributed by atoms with E-state index in [2.05, 4.69) is 6.92 Å². The zero-order valence-corrected chi connectivity index (χ0v) is 12.3. The molecule has 3 heterocycles. The summed E-state index contributed by atoms with van der Waals surface area (Å²) in [6.45, 7) is 6.12. The van der Waals surface area contributed by atoms with Gasteiger partial charge in [-0.1, -0.05) is 13.8 Å². The van der Waals surface area contributed by atoms with Crippen molar-refractivity contribution in [2.24, 2.45) is 23.7 Å². The van der Waals surface area contributed by atoms with Crippen molar-refractivity contribution in [3.63, 3.8) is 0 Å². The minimum atomic E-state index is -0.695. The van der Waals surface area contributed by atoms with Gasteiger partial charge in [0, 0.05) is 18.3 Å². The van der Waals surface area contributed by atoms with E-state index < -0.39 is 17.7 Å². The maximum atomic E-state index is 12.2. The fourth-order valence-electron chi connectivity index (χ4n) is 4.82. The molecule has 20 heavy (non-hydrogen) atoms. The third-order valence-electron chi connectivity index (χ3n) is 5.98. The van der Waals surface area contributed by atoms with E-state index in [-0.39, 0.29) is 17.8 Å². The molecule has 0 aromatic heterocycles. The smallest absolute Gasteiger partial charge is 0.309 e. The van der Waals surface area contributed by atoms with Crippen molar-refractivity contribution in [3.8, 4) is 0 Å². The molecule has 0 N–H and O–H groups in total. The van der Waals surface area contributed by atoms with Crippen LogP contribution in [0.25, 0.3) is 0 Å². The van der Waals surface area contributed by atoms with Crippen LogP contribution in [0.2, 0.25) is 0 Å². The molecule has 7 atom stereocenters. The Balaban J connectivity index is 1.82. The van der Waals surface area contributed by atoms with Gasteiger partial charge in [0.05, 0.1) is 5.92 Å². The van der Waals surface area contributed by atoms with Gasteiger partial charge in [-0.25, -0.2) is 0 Å². The van der Waals surface area contributed by atoms with E-state index in [1.807, 2.05) is 13.8 Å². The van der Waals surface area contributed by atoms with Crippen LogP contribution in [0.15, 0.2) is 0 Å². The predicted molar refractivity (Wildman–Crippen MR) is 68.0 cm³/mol. The Morgan fingerprint density at radius 3 is 2.75 bits per heavy atom. The average Bonchev–Trinajstić information content (AvgIpc) is 2.86. The summed E-state index contributed by atoms with van der Waals surface area (Å²) in [7, 11) is 0. The summed E-state index contributed by atoms with van der Waals surface area (Å²) in [6.07, 6.45) is 3.28. The van der Waals surface area contributed by atoms with Gasteiger partial charge in [0.2, 0.25) is 12.1 Å². The minimum absolute atomic E-state index is 0.0813. The summed E-state index contributed by atoms with van der Waals surface area (Å²) in [4.78, 5) is 23.1. The first-order valence-corrected chi connectivity index (χ1v) is 7.71. The molecule has 1 saturated carbocycles. The molecule has 2 bridgehead atoms. The fourth-order valence-corrected chi connectivity index (χ4v) is 4.82. The minimum Gasteiger partial charge on any atom is -0.453 e. The van der Waals surface area contributed by atoms with Crippen molar-refractivity contribution < 1.29 is 24.0 Å². The van der Waals surface area contributed by atoms with Crippen molar-refractivity contribution in [2.45, 2.75) is 64.1 Å². The number of esters is 1. The van der Waals surface area contributed by atoms with Crippen LogP contribution in [0.1, 0.15) is 46.5 Å². The van der Waals surface area contributed by atoms with Crippen LogP contribution < -0.4 is 0 Å². The van der Waals surface area contributed by atoms with Crippen molar-refractivity contribution in [2.75, 3.05) is 0 Å². The van der Waals surface area contributed by atoms with Crippen LogP contribution in [0.5, 0.6) is 0 Å². The van der Waals surface area contributed by atoms with Crippen molar-refractivity contribution in [1.82, 2.24) is 0 Å². The van der Waals surface area contributed by atoms with Crippen LogP contribution in [0.3, 0.4) is 0 Å². The maximum absolute atomic E-state index is 12.2. The van der Waals surface area contributed by atoms with Gasteiger partial charge in [-0.2, -0.15) is 9.78 Å². The molecule has 0 amide bonds. The molecule has 5 heteroatoms. The van der Waals surface area contributed by atoms with Gasteiger partial charge in [0.25, 0.3) is 0 Å². The van der Waals surface area contributed by atoms with Crippen LogP contribution >= 0.6 is 0 Å². The molecule has 5 nitrogen and oxygen atoms in total. The standard InChI is InChI=1S/C15H22O5/c1-8-4-5-11-9(2)12(16)17-15(11)10(8)6-7-14(3)18-13(15)19-20-14/h8-11,13H,4-7H2,1-3H3/t8-,9-,10+,11+,13?,14-,15?/m1/s1. The van der Waals surface area contributed by atoms with Gasteiger partial charge in [0.1, 0.15) is 0 Å². The number of ether oxygens (including phenoxy) is 2. The van der Waals surface area contributed by atoms with E-state index >= 15 is 0 Å². The molecule has 0 aromatic carbocycles. The molecule has 0 aromatic rings. The summed E-state index contributed by atoms with van der Waals surface area (Å²) in [5, 5.41) is 0. The third kappa shape index (κ3) is 1.46.